The average molecular weight is 417 g/mol. The van der Waals surface area contributed by atoms with Crippen LogP contribution in [0.1, 0.15) is 32.3 Å². The molecule has 0 aromatic heterocycles. The lowest BCUT2D eigenvalue weighted by Crippen LogP contribution is -3.19. The van der Waals surface area contributed by atoms with Gasteiger partial charge in [-0.15, -0.1) is 0 Å². The van der Waals surface area contributed by atoms with E-state index in [1.54, 1.807) is 12.1 Å². The molecule has 1 saturated heterocycles. The molecule has 156 valence electrons. The molecule has 29 heavy (non-hydrogen) atoms. The predicted octanol–water partition coefficient (Wildman–Crippen LogP) is 1.73. The van der Waals surface area contributed by atoms with E-state index in [0.29, 0.717) is 37.0 Å². The third-order valence-electron chi connectivity index (χ3n) is 5.60. The van der Waals surface area contributed by atoms with Gasteiger partial charge in [0.25, 0.3) is 5.91 Å². The number of amides is 1. The second-order valence-corrected chi connectivity index (χ2v) is 9.80. The van der Waals surface area contributed by atoms with Gasteiger partial charge < -0.3 is 10.2 Å². The SMILES string of the molecule is CC(C)c1ccc(S(=O)(=O)N2CC[NH+]([C@H](C)C(=O)Nc3ccccc3)CC2)cc1. The molecule has 1 aliphatic heterocycles. The van der Waals surface area contributed by atoms with E-state index >= 15 is 0 Å². The monoisotopic (exact) mass is 416 g/mol. The molecule has 0 spiro atoms. The highest BCUT2D eigenvalue weighted by atomic mass is 32.2. The van der Waals surface area contributed by atoms with E-state index in [4.69, 9.17) is 0 Å². The Hall–Kier alpha value is -2.22. The molecule has 0 bridgehead atoms. The summed E-state index contributed by atoms with van der Waals surface area (Å²) in [6, 6.07) is 16.3. The Morgan fingerprint density at radius 3 is 2.10 bits per heavy atom. The van der Waals surface area contributed by atoms with Crippen molar-refractivity contribution in [2.24, 2.45) is 0 Å². The molecule has 1 aliphatic rings. The maximum Gasteiger partial charge on any atom is 0.282 e. The molecule has 2 aromatic rings. The first-order valence-corrected chi connectivity index (χ1v) is 11.5. The first kappa shape index (κ1) is 21.5. The van der Waals surface area contributed by atoms with E-state index in [-0.39, 0.29) is 11.9 Å². The quantitative estimate of drug-likeness (QED) is 0.753. The number of piperazine rings is 1. The molecular formula is C22H30N3O3S+. The van der Waals surface area contributed by atoms with E-state index in [1.165, 1.54) is 4.31 Å². The van der Waals surface area contributed by atoms with Crippen molar-refractivity contribution in [3.63, 3.8) is 0 Å². The van der Waals surface area contributed by atoms with Crippen molar-refractivity contribution >= 4 is 21.6 Å². The number of anilines is 1. The molecule has 0 saturated carbocycles. The van der Waals surface area contributed by atoms with Crippen molar-refractivity contribution in [1.82, 2.24) is 4.31 Å². The molecular weight excluding hydrogens is 386 g/mol. The maximum atomic E-state index is 13.0. The molecule has 3 rings (SSSR count). The molecule has 1 heterocycles. The van der Waals surface area contributed by atoms with E-state index in [9.17, 15) is 13.2 Å². The molecule has 0 radical (unpaired) electrons. The summed E-state index contributed by atoms with van der Waals surface area (Å²) in [4.78, 5) is 14.0. The molecule has 1 atom stereocenters. The van der Waals surface area contributed by atoms with Gasteiger partial charge in [-0.2, -0.15) is 4.31 Å². The molecule has 6 nitrogen and oxygen atoms in total. The number of sulfonamides is 1. The fourth-order valence-corrected chi connectivity index (χ4v) is 5.02. The van der Waals surface area contributed by atoms with Gasteiger partial charge in [-0.25, -0.2) is 8.42 Å². The van der Waals surface area contributed by atoms with Gasteiger partial charge in [0, 0.05) is 5.69 Å². The van der Waals surface area contributed by atoms with Gasteiger partial charge in [-0.1, -0.05) is 44.2 Å². The Labute approximate surface area is 173 Å². The van der Waals surface area contributed by atoms with Crippen LogP contribution in [0.15, 0.2) is 59.5 Å². The van der Waals surface area contributed by atoms with Crippen LogP contribution in [-0.4, -0.2) is 50.9 Å². The normalized spacial score (nSPS) is 17.2. The number of benzene rings is 2. The lowest BCUT2D eigenvalue weighted by molar-refractivity contribution is -0.917. The smallest absolute Gasteiger partial charge is 0.282 e. The number of para-hydroxylation sites is 1. The zero-order chi connectivity index (χ0) is 21.0. The van der Waals surface area contributed by atoms with Crippen molar-refractivity contribution in [2.45, 2.75) is 37.6 Å². The summed E-state index contributed by atoms with van der Waals surface area (Å²) in [5.41, 5.74) is 1.89. The summed E-state index contributed by atoms with van der Waals surface area (Å²) in [5, 5.41) is 2.93. The largest absolute Gasteiger partial charge is 0.323 e. The molecule has 0 unspecified atom stereocenters. The van der Waals surface area contributed by atoms with E-state index in [2.05, 4.69) is 19.2 Å². The summed E-state index contributed by atoms with van der Waals surface area (Å²) in [6.45, 7) is 8.09. The van der Waals surface area contributed by atoms with Crippen LogP contribution in [-0.2, 0) is 14.8 Å². The van der Waals surface area contributed by atoms with E-state index < -0.39 is 10.0 Å². The van der Waals surface area contributed by atoms with Gasteiger partial charge >= 0.3 is 0 Å². The van der Waals surface area contributed by atoms with Crippen LogP contribution in [0.2, 0.25) is 0 Å². The van der Waals surface area contributed by atoms with Crippen molar-refractivity contribution in [3.05, 3.63) is 60.2 Å². The summed E-state index contributed by atoms with van der Waals surface area (Å²) < 4.78 is 27.4. The van der Waals surface area contributed by atoms with Gasteiger partial charge in [0.15, 0.2) is 6.04 Å². The van der Waals surface area contributed by atoms with Gasteiger partial charge in [-0.3, -0.25) is 4.79 Å². The number of hydrogen-bond acceptors (Lipinski definition) is 3. The highest BCUT2D eigenvalue weighted by molar-refractivity contribution is 7.89. The second-order valence-electron chi connectivity index (χ2n) is 7.86. The van der Waals surface area contributed by atoms with Crippen molar-refractivity contribution < 1.29 is 18.1 Å². The van der Waals surface area contributed by atoms with Crippen LogP contribution in [0, 0.1) is 0 Å². The average Bonchev–Trinajstić information content (AvgIpc) is 2.74. The van der Waals surface area contributed by atoms with Gasteiger partial charge in [0.1, 0.15) is 0 Å². The number of rotatable bonds is 6. The number of hydrogen-bond donors (Lipinski definition) is 2. The van der Waals surface area contributed by atoms with Crippen molar-refractivity contribution in [2.75, 3.05) is 31.5 Å². The Bertz CT molecular complexity index is 920. The summed E-state index contributed by atoms with van der Waals surface area (Å²) in [6.07, 6.45) is 0. The third kappa shape index (κ3) is 5.04. The Morgan fingerprint density at radius 2 is 1.55 bits per heavy atom. The lowest BCUT2D eigenvalue weighted by Gasteiger charge is -2.34. The fraction of sp³-hybridized carbons (Fsp3) is 0.409. The highest BCUT2D eigenvalue weighted by Crippen LogP contribution is 2.20. The molecule has 1 fully saturated rings. The Morgan fingerprint density at radius 1 is 0.966 bits per heavy atom. The summed E-state index contributed by atoms with van der Waals surface area (Å²) in [5.74, 6) is 0.314. The highest BCUT2D eigenvalue weighted by Gasteiger charge is 2.34. The van der Waals surface area contributed by atoms with E-state index in [1.807, 2.05) is 49.4 Å². The Kier molecular flexibility index (Phi) is 6.72. The molecule has 7 heteroatoms. The second kappa shape index (κ2) is 9.07. The van der Waals surface area contributed by atoms with Crippen LogP contribution < -0.4 is 10.2 Å². The van der Waals surface area contributed by atoms with Crippen LogP contribution in [0.25, 0.3) is 0 Å². The molecule has 0 aliphatic carbocycles. The standard InChI is InChI=1S/C22H29N3O3S/c1-17(2)19-9-11-21(12-10-19)29(27,28)25-15-13-24(14-16-25)18(3)22(26)23-20-7-5-4-6-8-20/h4-12,17-18H,13-16H2,1-3H3,(H,23,26)/p+1/t18-/m1/s1. The number of nitrogens with zero attached hydrogens (tertiary/aromatic N) is 1. The zero-order valence-corrected chi connectivity index (χ0v) is 18.1. The minimum atomic E-state index is -3.50. The number of carbonyl (C=O) groups excluding carboxylic acids is 1. The first-order valence-electron chi connectivity index (χ1n) is 10.1. The van der Waals surface area contributed by atoms with Crippen LogP contribution >= 0.6 is 0 Å². The predicted molar refractivity (Wildman–Crippen MR) is 115 cm³/mol. The maximum absolute atomic E-state index is 13.0. The number of nitrogens with one attached hydrogen (secondary N) is 2. The van der Waals surface area contributed by atoms with Crippen molar-refractivity contribution in [1.29, 1.82) is 0 Å². The zero-order valence-electron chi connectivity index (χ0n) is 17.3. The van der Waals surface area contributed by atoms with Crippen molar-refractivity contribution in [3.8, 4) is 0 Å². The third-order valence-corrected chi connectivity index (χ3v) is 7.51. The van der Waals surface area contributed by atoms with Gasteiger partial charge in [-0.05, 0) is 42.7 Å². The van der Waals surface area contributed by atoms with Crippen LogP contribution in [0.4, 0.5) is 5.69 Å². The topological polar surface area (TPSA) is 70.9 Å². The Balaban J connectivity index is 1.59. The molecule has 1 amide bonds. The van der Waals surface area contributed by atoms with E-state index in [0.717, 1.165) is 16.2 Å². The number of carbonyl (C=O) groups is 1. The molecule has 2 aromatic carbocycles. The lowest BCUT2D eigenvalue weighted by atomic mass is 10.0. The summed E-state index contributed by atoms with van der Waals surface area (Å²) >= 11 is 0. The first-order chi connectivity index (χ1) is 13.8. The number of quaternary nitrogens is 1. The minimum Gasteiger partial charge on any atom is -0.323 e. The van der Waals surface area contributed by atoms with Crippen LogP contribution in [0.3, 0.4) is 0 Å². The summed E-state index contributed by atoms with van der Waals surface area (Å²) in [7, 11) is -3.50. The van der Waals surface area contributed by atoms with Crippen LogP contribution in [0.5, 0.6) is 0 Å². The minimum absolute atomic E-state index is 0.0493. The fourth-order valence-electron chi connectivity index (χ4n) is 3.58. The van der Waals surface area contributed by atoms with Gasteiger partial charge in [0.05, 0.1) is 31.1 Å². The molecule has 2 N–H and O–H groups in total. The van der Waals surface area contributed by atoms with Gasteiger partial charge in [0.2, 0.25) is 10.0 Å².